The number of hydrogen-bond acceptors (Lipinski definition) is 3. The number of nitrogens with one attached hydrogen (secondary N) is 2. The molecule has 3 atom stereocenters. The Balaban J connectivity index is 1.91. The van der Waals surface area contributed by atoms with Crippen LogP contribution >= 0.6 is 0 Å². The lowest BCUT2D eigenvalue weighted by atomic mass is 9.96. The molecule has 2 rings (SSSR count). The SMILES string of the molecule is CC(C)Cc1ccc(C(C)C(=O)NC2CN[C@H](C(=O)O)C2)cc1. The van der Waals surface area contributed by atoms with Gasteiger partial charge in [0.05, 0.1) is 5.92 Å². The highest BCUT2D eigenvalue weighted by Crippen LogP contribution is 2.18. The van der Waals surface area contributed by atoms with Crippen molar-refractivity contribution >= 4 is 11.9 Å². The molecule has 1 fully saturated rings. The summed E-state index contributed by atoms with van der Waals surface area (Å²) in [5.74, 6) is -0.555. The normalized spacial score (nSPS) is 22.1. The molecule has 0 saturated carbocycles. The number of carboxylic acids is 1. The van der Waals surface area contributed by atoms with Crippen LogP contribution < -0.4 is 10.6 Å². The summed E-state index contributed by atoms with van der Waals surface area (Å²) >= 11 is 0. The molecule has 23 heavy (non-hydrogen) atoms. The first kappa shape index (κ1) is 17.5. The van der Waals surface area contributed by atoms with Gasteiger partial charge in [0.25, 0.3) is 0 Å². The van der Waals surface area contributed by atoms with Crippen molar-refractivity contribution in [2.24, 2.45) is 5.92 Å². The Kier molecular flexibility index (Phi) is 5.77. The van der Waals surface area contributed by atoms with Crippen LogP contribution in [-0.2, 0) is 16.0 Å². The largest absolute Gasteiger partial charge is 0.480 e. The Labute approximate surface area is 137 Å². The first-order valence-corrected chi connectivity index (χ1v) is 8.22. The third-order valence-corrected chi connectivity index (χ3v) is 4.29. The molecular weight excluding hydrogens is 292 g/mol. The molecule has 1 aromatic rings. The maximum atomic E-state index is 12.4. The van der Waals surface area contributed by atoms with E-state index in [2.05, 4.69) is 36.6 Å². The van der Waals surface area contributed by atoms with E-state index in [0.717, 1.165) is 12.0 Å². The number of benzene rings is 1. The second-order valence-electron chi connectivity index (χ2n) is 6.80. The summed E-state index contributed by atoms with van der Waals surface area (Å²) in [7, 11) is 0. The summed E-state index contributed by atoms with van der Waals surface area (Å²) in [4.78, 5) is 23.3. The van der Waals surface area contributed by atoms with E-state index in [1.807, 2.05) is 19.1 Å². The van der Waals surface area contributed by atoms with Gasteiger partial charge in [0.1, 0.15) is 6.04 Å². The van der Waals surface area contributed by atoms with Crippen LogP contribution in [0.5, 0.6) is 0 Å². The maximum Gasteiger partial charge on any atom is 0.320 e. The molecule has 3 N–H and O–H groups in total. The van der Waals surface area contributed by atoms with Gasteiger partial charge < -0.3 is 15.7 Å². The van der Waals surface area contributed by atoms with Crippen LogP contribution in [0.15, 0.2) is 24.3 Å². The van der Waals surface area contributed by atoms with Crippen LogP contribution in [-0.4, -0.2) is 35.6 Å². The minimum atomic E-state index is -0.865. The van der Waals surface area contributed by atoms with Gasteiger partial charge in [0, 0.05) is 12.6 Å². The van der Waals surface area contributed by atoms with Crippen molar-refractivity contribution in [1.82, 2.24) is 10.6 Å². The molecule has 0 radical (unpaired) electrons. The van der Waals surface area contributed by atoms with E-state index in [9.17, 15) is 9.59 Å². The first-order chi connectivity index (χ1) is 10.9. The van der Waals surface area contributed by atoms with Gasteiger partial charge in [-0.1, -0.05) is 38.1 Å². The first-order valence-electron chi connectivity index (χ1n) is 8.22. The molecule has 0 aromatic heterocycles. The van der Waals surface area contributed by atoms with Gasteiger partial charge in [-0.3, -0.25) is 9.59 Å². The fourth-order valence-corrected chi connectivity index (χ4v) is 2.93. The fraction of sp³-hybridized carbons (Fsp3) is 0.556. The van der Waals surface area contributed by atoms with E-state index in [0.29, 0.717) is 18.9 Å². The predicted octanol–water partition coefficient (Wildman–Crippen LogP) is 1.92. The van der Waals surface area contributed by atoms with Crippen LogP contribution in [0.4, 0.5) is 0 Å². The van der Waals surface area contributed by atoms with Crippen molar-refractivity contribution in [3.63, 3.8) is 0 Å². The molecule has 0 bridgehead atoms. The van der Waals surface area contributed by atoms with E-state index in [1.54, 1.807) is 0 Å². The van der Waals surface area contributed by atoms with Crippen LogP contribution in [0.3, 0.4) is 0 Å². The van der Waals surface area contributed by atoms with Gasteiger partial charge in [-0.25, -0.2) is 0 Å². The van der Waals surface area contributed by atoms with E-state index < -0.39 is 12.0 Å². The smallest absolute Gasteiger partial charge is 0.320 e. The van der Waals surface area contributed by atoms with Crippen LogP contribution in [0.1, 0.15) is 44.2 Å². The molecular formula is C18H26N2O3. The minimum absolute atomic E-state index is 0.0561. The minimum Gasteiger partial charge on any atom is -0.480 e. The van der Waals surface area contributed by atoms with Crippen molar-refractivity contribution in [2.75, 3.05) is 6.54 Å². The van der Waals surface area contributed by atoms with Gasteiger partial charge in [-0.05, 0) is 36.8 Å². The Morgan fingerprint density at radius 2 is 1.91 bits per heavy atom. The quantitative estimate of drug-likeness (QED) is 0.749. The lowest BCUT2D eigenvalue weighted by Gasteiger charge is -2.17. The van der Waals surface area contributed by atoms with E-state index in [-0.39, 0.29) is 17.9 Å². The zero-order valence-corrected chi connectivity index (χ0v) is 14.0. The van der Waals surface area contributed by atoms with Gasteiger partial charge in [0.15, 0.2) is 0 Å². The number of carboxylic acid groups (broad SMARTS) is 1. The van der Waals surface area contributed by atoms with Crippen molar-refractivity contribution in [1.29, 1.82) is 0 Å². The van der Waals surface area contributed by atoms with Gasteiger partial charge >= 0.3 is 5.97 Å². The Morgan fingerprint density at radius 1 is 1.26 bits per heavy atom. The van der Waals surface area contributed by atoms with Gasteiger partial charge in [-0.2, -0.15) is 0 Å². The molecule has 5 heteroatoms. The summed E-state index contributed by atoms with van der Waals surface area (Å²) in [5.41, 5.74) is 2.26. The number of carbonyl (C=O) groups excluding carboxylic acids is 1. The van der Waals surface area contributed by atoms with Crippen LogP contribution in [0, 0.1) is 5.92 Å². The maximum absolute atomic E-state index is 12.4. The third kappa shape index (κ3) is 4.79. The zero-order chi connectivity index (χ0) is 17.0. The summed E-state index contributed by atoms with van der Waals surface area (Å²) in [6.45, 7) is 6.75. The molecule has 1 aromatic carbocycles. The highest BCUT2D eigenvalue weighted by molar-refractivity contribution is 5.83. The molecule has 0 aliphatic carbocycles. The fourth-order valence-electron chi connectivity index (χ4n) is 2.93. The van der Waals surface area contributed by atoms with Crippen molar-refractivity contribution in [3.05, 3.63) is 35.4 Å². The lowest BCUT2D eigenvalue weighted by Crippen LogP contribution is -2.38. The predicted molar refractivity (Wildman–Crippen MR) is 89.4 cm³/mol. The molecule has 1 amide bonds. The Hall–Kier alpha value is -1.88. The summed E-state index contributed by atoms with van der Waals surface area (Å²) < 4.78 is 0. The summed E-state index contributed by atoms with van der Waals surface area (Å²) in [5, 5.41) is 14.8. The highest BCUT2D eigenvalue weighted by Gasteiger charge is 2.30. The van der Waals surface area contributed by atoms with Crippen LogP contribution in [0.25, 0.3) is 0 Å². The Morgan fingerprint density at radius 3 is 2.43 bits per heavy atom. The molecule has 1 saturated heterocycles. The molecule has 1 aliphatic heterocycles. The molecule has 1 aliphatic rings. The summed E-state index contributed by atoms with van der Waals surface area (Å²) in [6, 6.07) is 7.49. The number of rotatable bonds is 6. The van der Waals surface area contributed by atoms with E-state index >= 15 is 0 Å². The number of amides is 1. The molecule has 1 heterocycles. The molecule has 5 nitrogen and oxygen atoms in total. The third-order valence-electron chi connectivity index (χ3n) is 4.29. The standard InChI is InChI=1S/C18H26N2O3/c1-11(2)8-13-4-6-14(7-5-13)12(3)17(21)20-15-9-16(18(22)23)19-10-15/h4-7,11-12,15-16,19H,8-10H2,1-3H3,(H,20,21)(H,22,23)/t12?,15?,16-/m0/s1. The molecule has 2 unspecified atom stereocenters. The van der Waals surface area contributed by atoms with Crippen LogP contribution in [0.2, 0.25) is 0 Å². The van der Waals surface area contributed by atoms with E-state index in [4.69, 9.17) is 5.11 Å². The van der Waals surface area contributed by atoms with Crippen molar-refractivity contribution in [2.45, 2.75) is 51.6 Å². The monoisotopic (exact) mass is 318 g/mol. The lowest BCUT2D eigenvalue weighted by molar-refractivity contribution is -0.139. The zero-order valence-electron chi connectivity index (χ0n) is 14.0. The van der Waals surface area contributed by atoms with Gasteiger partial charge in [-0.15, -0.1) is 0 Å². The van der Waals surface area contributed by atoms with E-state index in [1.165, 1.54) is 5.56 Å². The second-order valence-corrected chi connectivity index (χ2v) is 6.80. The van der Waals surface area contributed by atoms with Gasteiger partial charge in [0.2, 0.25) is 5.91 Å². The topological polar surface area (TPSA) is 78.4 Å². The van der Waals surface area contributed by atoms with Crippen molar-refractivity contribution in [3.8, 4) is 0 Å². The summed E-state index contributed by atoms with van der Waals surface area (Å²) in [6.07, 6.45) is 1.46. The molecule has 126 valence electrons. The van der Waals surface area contributed by atoms with Crippen molar-refractivity contribution < 1.29 is 14.7 Å². The highest BCUT2D eigenvalue weighted by atomic mass is 16.4. The average molecular weight is 318 g/mol. The Bertz CT molecular complexity index is 554. The number of aliphatic carboxylic acids is 1. The second kappa shape index (κ2) is 7.59. The average Bonchev–Trinajstić information content (AvgIpc) is 2.95. The molecule has 0 spiro atoms. The number of carbonyl (C=O) groups is 2. The number of hydrogen-bond donors (Lipinski definition) is 3.